The van der Waals surface area contributed by atoms with Crippen molar-refractivity contribution in [2.45, 2.75) is 44.8 Å². The van der Waals surface area contributed by atoms with Gasteiger partial charge in [0.1, 0.15) is 52.1 Å². The van der Waals surface area contributed by atoms with Crippen molar-refractivity contribution in [3.8, 4) is 28.7 Å². The normalized spacial score (nSPS) is 21.8. The molecule has 6 nitrogen and oxygen atoms in total. The molecule has 6 heteroatoms. The summed E-state index contributed by atoms with van der Waals surface area (Å²) in [5.74, 6) is 0.0304. The molecule has 0 aromatic heterocycles. The van der Waals surface area contributed by atoms with Gasteiger partial charge in [-0.05, 0) is 52.0 Å². The molecule has 2 N–H and O–H groups in total. The molecule has 0 aliphatic carbocycles. The van der Waals surface area contributed by atoms with E-state index in [1.165, 1.54) is 6.07 Å². The summed E-state index contributed by atoms with van der Waals surface area (Å²) in [5.41, 5.74) is 0.774. The van der Waals surface area contributed by atoms with Crippen molar-refractivity contribution in [2.75, 3.05) is 6.61 Å². The van der Waals surface area contributed by atoms with Crippen LogP contribution in [0.25, 0.3) is 12.2 Å². The summed E-state index contributed by atoms with van der Waals surface area (Å²) in [4.78, 5) is 13.4. The second-order valence-electron chi connectivity index (χ2n) is 9.26. The molecule has 0 spiro atoms. The van der Waals surface area contributed by atoms with E-state index >= 15 is 0 Å². The third kappa shape index (κ3) is 3.14. The summed E-state index contributed by atoms with van der Waals surface area (Å²) < 4.78 is 17.7. The molecular formula is C25H24O6. The van der Waals surface area contributed by atoms with Gasteiger partial charge < -0.3 is 24.4 Å². The van der Waals surface area contributed by atoms with E-state index in [2.05, 4.69) is 0 Å². The predicted octanol–water partition coefficient (Wildman–Crippen LogP) is 4.83. The Bertz CT molecular complexity index is 1190. The van der Waals surface area contributed by atoms with Crippen LogP contribution in [0.5, 0.6) is 28.7 Å². The Balaban J connectivity index is 1.56. The largest absolute Gasteiger partial charge is 0.508 e. The molecule has 31 heavy (non-hydrogen) atoms. The van der Waals surface area contributed by atoms with E-state index in [1.807, 2.05) is 45.9 Å². The number of phenolic OH excluding ortho intramolecular Hbond substituents is 2. The minimum Gasteiger partial charge on any atom is -0.508 e. The van der Waals surface area contributed by atoms with Crippen LogP contribution < -0.4 is 14.2 Å². The molecule has 0 saturated heterocycles. The Kier molecular flexibility index (Phi) is 3.97. The van der Waals surface area contributed by atoms with Gasteiger partial charge in [-0.25, -0.2) is 0 Å². The number of rotatable bonds is 1. The summed E-state index contributed by atoms with van der Waals surface area (Å²) in [6.45, 7) is 7.71. The van der Waals surface area contributed by atoms with Gasteiger partial charge in [-0.3, -0.25) is 4.79 Å². The lowest BCUT2D eigenvalue weighted by atomic mass is 9.85. The van der Waals surface area contributed by atoms with E-state index in [1.54, 1.807) is 18.2 Å². The molecule has 1 atom stereocenters. The number of carbonyl (C=O) groups excluding carboxylic acids is 1. The first kappa shape index (κ1) is 19.5. The van der Waals surface area contributed by atoms with Crippen LogP contribution in [0.3, 0.4) is 0 Å². The van der Waals surface area contributed by atoms with Crippen molar-refractivity contribution in [3.05, 3.63) is 52.6 Å². The molecule has 1 unspecified atom stereocenters. The van der Waals surface area contributed by atoms with Crippen molar-refractivity contribution in [1.82, 2.24) is 0 Å². The second kappa shape index (κ2) is 6.30. The van der Waals surface area contributed by atoms with Crippen LogP contribution in [-0.2, 0) is 0 Å². The summed E-state index contributed by atoms with van der Waals surface area (Å²) in [7, 11) is 0. The van der Waals surface area contributed by atoms with Crippen molar-refractivity contribution >= 4 is 17.9 Å². The second-order valence-corrected chi connectivity index (χ2v) is 9.26. The Labute approximate surface area is 180 Å². The molecule has 0 saturated carbocycles. The third-order valence-corrected chi connectivity index (χ3v) is 5.83. The van der Waals surface area contributed by atoms with Gasteiger partial charge in [0.2, 0.25) is 0 Å². The molecule has 5 rings (SSSR count). The number of phenols is 2. The van der Waals surface area contributed by atoms with E-state index in [0.29, 0.717) is 22.6 Å². The van der Waals surface area contributed by atoms with Gasteiger partial charge in [0.05, 0.1) is 11.5 Å². The first-order valence-electron chi connectivity index (χ1n) is 10.2. The Hall–Kier alpha value is -3.41. The first-order chi connectivity index (χ1) is 14.5. The average Bonchev–Trinajstić information content (AvgIpc) is 2.66. The number of benzene rings is 2. The maximum absolute atomic E-state index is 13.4. The molecule has 2 aromatic carbocycles. The van der Waals surface area contributed by atoms with Crippen molar-refractivity contribution in [2.24, 2.45) is 0 Å². The van der Waals surface area contributed by atoms with Gasteiger partial charge in [-0.1, -0.05) is 6.08 Å². The summed E-state index contributed by atoms with van der Waals surface area (Å²) in [6, 6.07) is 4.92. The standard InChI is InChI=1S/C25H24O6/c1-24(2)7-5-13-9-15(17(26)10-18(13)30-24)16-12-29-20-11-19-14(6-8-25(3,4)31-19)22(27)21(20)23(16)28/h5-11,16,26-27H,12H2,1-4H3. The van der Waals surface area contributed by atoms with Crippen LogP contribution in [0, 0.1) is 0 Å². The molecule has 3 aliphatic rings. The number of hydrogen-bond acceptors (Lipinski definition) is 6. The zero-order chi connectivity index (χ0) is 22.1. The number of hydrogen-bond donors (Lipinski definition) is 2. The molecule has 3 aliphatic heterocycles. The first-order valence-corrected chi connectivity index (χ1v) is 10.2. The molecule has 0 amide bonds. The Morgan fingerprint density at radius 3 is 2.32 bits per heavy atom. The predicted molar refractivity (Wildman–Crippen MR) is 116 cm³/mol. The fourth-order valence-corrected chi connectivity index (χ4v) is 4.20. The highest BCUT2D eigenvalue weighted by Crippen LogP contribution is 2.48. The lowest BCUT2D eigenvalue weighted by molar-refractivity contribution is 0.0888. The van der Waals surface area contributed by atoms with Crippen LogP contribution in [0.1, 0.15) is 60.7 Å². The fraction of sp³-hybridized carbons (Fsp3) is 0.320. The zero-order valence-corrected chi connectivity index (χ0v) is 17.9. The molecule has 0 radical (unpaired) electrons. The van der Waals surface area contributed by atoms with Gasteiger partial charge in [-0.15, -0.1) is 0 Å². The van der Waals surface area contributed by atoms with Gasteiger partial charge in [0.25, 0.3) is 0 Å². The highest BCUT2D eigenvalue weighted by atomic mass is 16.5. The van der Waals surface area contributed by atoms with Gasteiger partial charge >= 0.3 is 0 Å². The monoisotopic (exact) mass is 420 g/mol. The molecule has 0 bridgehead atoms. The van der Waals surface area contributed by atoms with Crippen LogP contribution in [0.15, 0.2) is 30.4 Å². The van der Waals surface area contributed by atoms with Crippen molar-refractivity contribution in [1.29, 1.82) is 0 Å². The van der Waals surface area contributed by atoms with E-state index in [0.717, 1.165) is 5.56 Å². The van der Waals surface area contributed by atoms with Crippen molar-refractivity contribution < 1.29 is 29.2 Å². The molecule has 160 valence electrons. The average molecular weight is 420 g/mol. The third-order valence-electron chi connectivity index (χ3n) is 5.83. The van der Waals surface area contributed by atoms with Gasteiger partial charge in [0, 0.05) is 23.3 Å². The molecular weight excluding hydrogens is 396 g/mol. The lowest BCUT2D eigenvalue weighted by Crippen LogP contribution is -2.30. The Morgan fingerprint density at radius 1 is 0.903 bits per heavy atom. The number of fused-ring (bicyclic) bond motifs is 3. The van der Waals surface area contributed by atoms with Gasteiger partial charge in [-0.2, -0.15) is 0 Å². The molecule has 2 aromatic rings. The van der Waals surface area contributed by atoms with Crippen LogP contribution in [0.2, 0.25) is 0 Å². The number of Topliss-reactive ketones (excluding diaryl/α,β-unsaturated/α-hetero) is 1. The topological polar surface area (TPSA) is 85.2 Å². The van der Waals surface area contributed by atoms with E-state index in [-0.39, 0.29) is 35.2 Å². The highest BCUT2D eigenvalue weighted by Gasteiger charge is 2.38. The maximum atomic E-state index is 13.4. The van der Waals surface area contributed by atoms with Crippen LogP contribution >= 0.6 is 0 Å². The quantitative estimate of drug-likeness (QED) is 0.688. The molecule has 0 fully saturated rings. The van der Waals surface area contributed by atoms with Crippen molar-refractivity contribution in [3.63, 3.8) is 0 Å². The smallest absolute Gasteiger partial charge is 0.181 e. The summed E-state index contributed by atoms with van der Waals surface area (Å²) in [6.07, 6.45) is 7.43. The lowest BCUT2D eigenvalue weighted by Gasteiger charge is -2.32. The Morgan fingerprint density at radius 2 is 1.58 bits per heavy atom. The summed E-state index contributed by atoms with van der Waals surface area (Å²) >= 11 is 0. The molecule has 3 heterocycles. The minimum absolute atomic E-state index is 0.0438. The number of ether oxygens (including phenoxy) is 3. The van der Waals surface area contributed by atoms with Gasteiger partial charge in [0.15, 0.2) is 5.78 Å². The van der Waals surface area contributed by atoms with E-state index in [4.69, 9.17) is 14.2 Å². The maximum Gasteiger partial charge on any atom is 0.181 e. The summed E-state index contributed by atoms with van der Waals surface area (Å²) in [5, 5.41) is 21.5. The van der Waals surface area contributed by atoms with E-state index in [9.17, 15) is 15.0 Å². The number of ketones is 1. The SMILES string of the molecule is CC1(C)C=Cc2cc(C3COc4cc5c(c(O)c4C3=O)C=CC(C)(C)O5)c(O)cc2O1. The fourth-order valence-electron chi connectivity index (χ4n) is 4.20. The van der Waals surface area contributed by atoms with Crippen LogP contribution in [-0.4, -0.2) is 33.8 Å². The number of aromatic hydroxyl groups is 2. The highest BCUT2D eigenvalue weighted by molar-refractivity contribution is 6.08. The van der Waals surface area contributed by atoms with E-state index < -0.39 is 17.1 Å². The zero-order valence-electron chi connectivity index (χ0n) is 17.9. The number of carbonyl (C=O) groups is 1. The minimum atomic E-state index is -0.755. The van der Waals surface area contributed by atoms with Crippen LogP contribution in [0.4, 0.5) is 0 Å².